The number of carbonyl (C=O) groups is 1. The quantitative estimate of drug-likeness (QED) is 0.292. The van der Waals surface area contributed by atoms with Gasteiger partial charge in [-0.2, -0.15) is 18.3 Å². The second-order valence-corrected chi connectivity index (χ2v) is 11.5. The Bertz CT molecular complexity index is 1550. The number of piperazine rings is 1. The lowest BCUT2D eigenvalue weighted by Gasteiger charge is -2.38. The molecule has 4 aromatic rings. The van der Waals surface area contributed by atoms with Gasteiger partial charge in [0.1, 0.15) is 12.2 Å². The Morgan fingerprint density at radius 3 is 2.63 bits per heavy atom. The van der Waals surface area contributed by atoms with Crippen LogP contribution in [-0.2, 0) is 11.3 Å². The Labute approximate surface area is 235 Å². The largest absolute Gasteiger partial charge is 0.397 e. The van der Waals surface area contributed by atoms with E-state index in [0.717, 1.165) is 34.3 Å². The van der Waals surface area contributed by atoms with Gasteiger partial charge in [-0.1, -0.05) is 13.0 Å². The van der Waals surface area contributed by atoms with Gasteiger partial charge in [0, 0.05) is 56.7 Å². The summed E-state index contributed by atoms with van der Waals surface area (Å²) in [6.07, 6.45) is 2.33. The predicted molar refractivity (Wildman–Crippen MR) is 149 cm³/mol. The van der Waals surface area contributed by atoms with Crippen molar-refractivity contribution >= 4 is 28.7 Å². The molecule has 1 saturated heterocycles. The predicted octanol–water partition coefficient (Wildman–Crippen LogP) is 5.52. The summed E-state index contributed by atoms with van der Waals surface area (Å²) >= 11 is 0. The van der Waals surface area contributed by atoms with Crippen LogP contribution in [0, 0.1) is 5.41 Å². The average molecular weight is 567 g/mol. The molecule has 2 aliphatic rings. The van der Waals surface area contributed by atoms with Gasteiger partial charge in [-0.25, -0.2) is 9.97 Å². The van der Waals surface area contributed by atoms with E-state index in [9.17, 15) is 18.0 Å². The van der Waals surface area contributed by atoms with Crippen LogP contribution in [-0.4, -0.2) is 72.8 Å². The second-order valence-electron chi connectivity index (χ2n) is 11.5. The number of rotatable bonds is 8. The molecule has 9 nitrogen and oxygen atoms in total. The van der Waals surface area contributed by atoms with Crippen molar-refractivity contribution in [3.63, 3.8) is 0 Å². The molecule has 2 N–H and O–H groups in total. The number of fused-ring (bicyclic) bond motifs is 1. The Morgan fingerprint density at radius 1 is 1.12 bits per heavy atom. The number of halogens is 3. The zero-order valence-corrected chi connectivity index (χ0v) is 23.1. The molecule has 12 heteroatoms. The first-order valence-corrected chi connectivity index (χ1v) is 13.9. The Balaban J connectivity index is 1.09. The first kappa shape index (κ1) is 27.3. The van der Waals surface area contributed by atoms with E-state index in [4.69, 9.17) is 0 Å². The minimum atomic E-state index is -4.48. The smallest absolute Gasteiger partial charge is 0.340 e. The van der Waals surface area contributed by atoms with Crippen molar-refractivity contribution in [2.24, 2.45) is 5.41 Å². The average Bonchev–Trinajstić information content (AvgIpc) is 3.30. The summed E-state index contributed by atoms with van der Waals surface area (Å²) in [5.74, 6) is 0.335. The Kier molecular flexibility index (Phi) is 6.96. The maximum Gasteiger partial charge on any atom is 0.397 e. The zero-order chi connectivity index (χ0) is 28.8. The maximum absolute atomic E-state index is 12.6. The number of H-pyrrole nitrogens is 1. The molecule has 0 bridgehead atoms. The number of hydrogen-bond acceptors (Lipinski definition) is 6. The van der Waals surface area contributed by atoms with Crippen LogP contribution in [0.3, 0.4) is 0 Å². The number of amides is 1. The summed E-state index contributed by atoms with van der Waals surface area (Å²) in [6.45, 7) is 6.83. The molecule has 1 aliphatic carbocycles. The summed E-state index contributed by atoms with van der Waals surface area (Å²) in [7, 11) is 0. The summed E-state index contributed by atoms with van der Waals surface area (Å²) in [5, 5.41) is 7.81. The third-order valence-electron chi connectivity index (χ3n) is 8.17. The highest BCUT2D eigenvalue weighted by Crippen LogP contribution is 2.46. The van der Waals surface area contributed by atoms with Gasteiger partial charge in [-0.3, -0.25) is 14.4 Å². The van der Waals surface area contributed by atoms with Crippen LogP contribution in [0.4, 0.5) is 24.9 Å². The highest BCUT2D eigenvalue weighted by molar-refractivity contribution is 5.83. The van der Waals surface area contributed by atoms with Gasteiger partial charge in [-0.15, -0.1) is 0 Å². The lowest BCUT2D eigenvalue weighted by molar-refractivity contribution is -0.162. The molecule has 41 heavy (non-hydrogen) atoms. The van der Waals surface area contributed by atoms with Crippen LogP contribution in [0.1, 0.15) is 44.7 Å². The van der Waals surface area contributed by atoms with Gasteiger partial charge >= 0.3 is 6.18 Å². The maximum atomic E-state index is 12.6. The topological polar surface area (TPSA) is 95.0 Å². The van der Waals surface area contributed by atoms with Crippen LogP contribution in [0.25, 0.3) is 22.2 Å². The second kappa shape index (κ2) is 10.5. The molecule has 216 valence electrons. The van der Waals surface area contributed by atoms with Crippen molar-refractivity contribution in [1.82, 2.24) is 34.5 Å². The van der Waals surface area contributed by atoms with Crippen LogP contribution in [0.2, 0.25) is 0 Å². The third kappa shape index (κ3) is 6.37. The molecular formula is C29H33F3N8O. The number of pyridine rings is 1. The van der Waals surface area contributed by atoms with Crippen molar-refractivity contribution in [3.8, 4) is 11.1 Å². The number of aromatic nitrogens is 5. The normalized spacial score (nSPS) is 18.0. The standard InChI is InChI=1S/C29H33F3N8O/c1-19(38-9-11-39(12-10-38)26(41)15-29(30,31)32)20-5-8-33-25(14-20)37-27-35-23-4-3-21(13-24(23)36-27)22-16-34-40(17-22)18-28(2)6-7-28/h3-5,8,13-14,16-17,19H,6-7,9-12,15,18H2,1-2H3,(H2,33,35,36,37). The molecule has 0 spiro atoms. The van der Waals surface area contributed by atoms with Crippen LogP contribution in [0.5, 0.6) is 0 Å². The SMILES string of the molecule is CC(c1ccnc(Nc2nc3ccc(-c4cnn(CC5(C)CC5)c4)cc3[nH]2)c1)N1CCN(C(=O)CC(F)(F)F)CC1. The number of imidazole rings is 1. The van der Waals surface area contributed by atoms with E-state index in [1.54, 1.807) is 6.20 Å². The van der Waals surface area contributed by atoms with E-state index < -0.39 is 18.5 Å². The van der Waals surface area contributed by atoms with E-state index in [-0.39, 0.29) is 19.1 Å². The molecule has 1 atom stereocenters. The Morgan fingerprint density at radius 2 is 1.90 bits per heavy atom. The van der Waals surface area contributed by atoms with Crippen LogP contribution < -0.4 is 5.32 Å². The van der Waals surface area contributed by atoms with E-state index in [0.29, 0.717) is 30.3 Å². The minimum Gasteiger partial charge on any atom is -0.340 e. The lowest BCUT2D eigenvalue weighted by atomic mass is 10.1. The van der Waals surface area contributed by atoms with Gasteiger partial charge in [0.2, 0.25) is 11.9 Å². The monoisotopic (exact) mass is 566 g/mol. The molecular weight excluding hydrogens is 533 g/mol. The molecule has 1 aromatic carbocycles. The van der Waals surface area contributed by atoms with Crippen molar-refractivity contribution in [2.45, 2.75) is 51.9 Å². The molecule has 6 rings (SSSR count). The number of aromatic amines is 1. The fourth-order valence-corrected chi connectivity index (χ4v) is 5.36. The number of nitrogens with one attached hydrogen (secondary N) is 2. The Hall–Kier alpha value is -3.93. The molecule has 1 amide bonds. The van der Waals surface area contributed by atoms with Crippen molar-refractivity contribution in [2.75, 3.05) is 31.5 Å². The summed E-state index contributed by atoms with van der Waals surface area (Å²) in [5.41, 5.74) is 5.25. The molecule has 4 heterocycles. The number of nitrogens with zero attached hydrogens (tertiary/aromatic N) is 6. The summed E-state index contributed by atoms with van der Waals surface area (Å²) in [6, 6.07) is 9.96. The van der Waals surface area contributed by atoms with Crippen molar-refractivity contribution < 1.29 is 18.0 Å². The number of carbonyl (C=O) groups excluding carboxylic acids is 1. The molecule has 1 unspecified atom stereocenters. The van der Waals surface area contributed by atoms with Gasteiger partial charge < -0.3 is 15.2 Å². The molecule has 3 aromatic heterocycles. The van der Waals surface area contributed by atoms with E-state index in [1.165, 1.54) is 17.7 Å². The first-order valence-electron chi connectivity index (χ1n) is 13.9. The fraction of sp³-hybridized carbons (Fsp3) is 0.448. The molecule has 0 radical (unpaired) electrons. The van der Waals surface area contributed by atoms with Crippen LogP contribution in [0.15, 0.2) is 48.9 Å². The van der Waals surface area contributed by atoms with Gasteiger partial charge in [-0.05, 0) is 60.6 Å². The first-order chi connectivity index (χ1) is 19.5. The fourth-order valence-electron chi connectivity index (χ4n) is 5.36. The molecule has 2 fully saturated rings. The van der Waals surface area contributed by atoms with Gasteiger partial charge in [0.25, 0.3) is 0 Å². The number of benzene rings is 1. The number of alkyl halides is 3. The van der Waals surface area contributed by atoms with E-state index >= 15 is 0 Å². The number of anilines is 2. The molecule has 1 aliphatic heterocycles. The van der Waals surface area contributed by atoms with E-state index in [2.05, 4.69) is 49.5 Å². The zero-order valence-electron chi connectivity index (χ0n) is 23.1. The summed E-state index contributed by atoms with van der Waals surface area (Å²) < 4.78 is 39.8. The van der Waals surface area contributed by atoms with E-state index in [1.807, 2.05) is 42.1 Å². The third-order valence-corrected chi connectivity index (χ3v) is 8.17. The van der Waals surface area contributed by atoms with Gasteiger partial charge in [0.05, 0.1) is 17.2 Å². The van der Waals surface area contributed by atoms with Gasteiger partial charge in [0.15, 0.2) is 0 Å². The lowest BCUT2D eigenvalue weighted by Crippen LogP contribution is -2.50. The van der Waals surface area contributed by atoms with Crippen molar-refractivity contribution in [1.29, 1.82) is 0 Å². The minimum absolute atomic E-state index is 0.0000628. The molecule has 1 saturated carbocycles. The van der Waals surface area contributed by atoms with Crippen LogP contribution >= 0.6 is 0 Å². The summed E-state index contributed by atoms with van der Waals surface area (Å²) in [4.78, 5) is 27.8. The number of hydrogen-bond donors (Lipinski definition) is 2. The highest BCUT2D eigenvalue weighted by atomic mass is 19.4. The highest BCUT2D eigenvalue weighted by Gasteiger charge is 2.38. The van der Waals surface area contributed by atoms with Crippen molar-refractivity contribution in [3.05, 3.63) is 54.5 Å².